The first-order valence-electron chi connectivity index (χ1n) is 14.0. The highest BCUT2D eigenvalue weighted by molar-refractivity contribution is 7.08. The van der Waals surface area contributed by atoms with Crippen LogP contribution in [0, 0.1) is 12.8 Å². The van der Waals surface area contributed by atoms with Gasteiger partial charge in [0.25, 0.3) is 0 Å². The summed E-state index contributed by atoms with van der Waals surface area (Å²) in [5, 5.41) is 26.4. The van der Waals surface area contributed by atoms with Crippen molar-refractivity contribution in [3.8, 4) is 0 Å². The molecular formula is C32H39ClN2O3S. The van der Waals surface area contributed by atoms with Gasteiger partial charge in [0.15, 0.2) is 0 Å². The summed E-state index contributed by atoms with van der Waals surface area (Å²) in [6.07, 6.45) is 4.41. The number of piperidine rings is 1. The van der Waals surface area contributed by atoms with Gasteiger partial charge in [-0.25, -0.2) is 0 Å². The van der Waals surface area contributed by atoms with Gasteiger partial charge in [-0.15, -0.1) is 0 Å². The first-order chi connectivity index (χ1) is 18.8. The van der Waals surface area contributed by atoms with Crippen molar-refractivity contribution in [2.75, 3.05) is 32.7 Å². The predicted octanol–water partition coefficient (Wildman–Crippen LogP) is 6.40. The van der Waals surface area contributed by atoms with Crippen LogP contribution in [0.3, 0.4) is 0 Å². The Labute approximate surface area is 241 Å². The minimum Gasteiger partial charge on any atom is -0.480 e. The number of aryl methyl sites for hydroxylation is 2. The maximum atomic E-state index is 12.5. The highest BCUT2D eigenvalue weighted by atomic mass is 35.5. The molecule has 39 heavy (non-hydrogen) atoms. The van der Waals surface area contributed by atoms with Crippen LogP contribution in [0.2, 0.25) is 5.02 Å². The lowest BCUT2D eigenvalue weighted by molar-refractivity contribution is -0.143. The number of thiophene rings is 1. The van der Waals surface area contributed by atoms with Gasteiger partial charge in [0.2, 0.25) is 0 Å². The normalized spacial score (nSPS) is 22.6. The number of carboxylic acids is 1. The van der Waals surface area contributed by atoms with Crippen molar-refractivity contribution in [2.24, 2.45) is 5.92 Å². The van der Waals surface area contributed by atoms with E-state index < -0.39 is 17.6 Å². The molecule has 208 valence electrons. The molecule has 0 aliphatic carbocycles. The van der Waals surface area contributed by atoms with E-state index in [4.69, 9.17) is 11.6 Å². The number of rotatable bonds is 10. The van der Waals surface area contributed by atoms with E-state index in [2.05, 4.69) is 50.9 Å². The van der Waals surface area contributed by atoms with Gasteiger partial charge >= 0.3 is 5.97 Å². The van der Waals surface area contributed by atoms with Crippen molar-refractivity contribution in [2.45, 2.75) is 56.6 Å². The Morgan fingerprint density at radius 1 is 1.13 bits per heavy atom. The predicted molar refractivity (Wildman–Crippen MR) is 159 cm³/mol. The summed E-state index contributed by atoms with van der Waals surface area (Å²) < 4.78 is 0. The Kier molecular flexibility index (Phi) is 9.09. The monoisotopic (exact) mass is 566 g/mol. The number of aliphatic hydroxyl groups is 1. The molecule has 0 bridgehead atoms. The zero-order valence-electron chi connectivity index (χ0n) is 22.6. The second-order valence-electron chi connectivity index (χ2n) is 11.5. The molecule has 0 saturated carbocycles. The van der Waals surface area contributed by atoms with Crippen LogP contribution in [0.25, 0.3) is 0 Å². The van der Waals surface area contributed by atoms with Crippen LogP contribution in [-0.4, -0.2) is 64.3 Å². The van der Waals surface area contributed by atoms with Crippen molar-refractivity contribution < 1.29 is 15.0 Å². The van der Waals surface area contributed by atoms with Crippen molar-refractivity contribution in [3.63, 3.8) is 0 Å². The molecule has 2 aliphatic rings. The Bertz CT molecular complexity index is 1230. The van der Waals surface area contributed by atoms with E-state index in [0.717, 1.165) is 57.3 Å². The molecule has 5 rings (SSSR count). The number of benzene rings is 2. The fourth-order valence-electron chi connectivity index (χ4n) is 6.50. The van der Waals surface area contributed by atoms with Crippen LogP contribution in [-0.2, 0) is 11.2 Å². The van der Waals surface area contributed by atoms with Crippen molar-refractivity contribution >= 4 is 28.9 Å². The van der Waals surface area contributed by atoms with Gasteiger partial charge in [-0.05, 0) is 90.1 Å². The first kappa shape index (κ1) is 28.3. The van der Waals surface area contributed by atoms with Crippen LogP contribution in [0.1, 0.15) is 59.9 Å². The molecule has 2 saturated heterocycles. The summed E-state index contributed by atoms with van der Waals surface area (Å²) in [5.74, 6) is -0.270. The topological polar surface area (TPSA) is 64.0 Å². The van der Waals surface area contributed by atoms with Crippen LogP contribution in [0.15, 0.2) is 65.4 Å². The smallest absolute Gasteiger partial charge is 0.325 e. The fraction of sp³-hybridized carbons (Fsp3) is 0.469. The molecule has 1 aromatic heterocycles. The molecule has 2 aromatic carbocycles. The zero-order chi connectivity index (χ0) is 27.4. The summed E-state index contributed by atoms with van der Waals surface area (Å²) in [7, 11) is 0. The molecule has 3 atom stereocenters. The van der Waals surface area contributed by atoms with E-state index in [1.807, 2.05) is 31.2 Å². The molecule has 0 spiro atoms. The minimum absolute atomic E-state index is 0.272. The van der Waals surface area contributed by atoms with Crippen LogP contribution in [0.5, 0.6) is 0 Å². The number of hydrogen-bond acceptors (Lipinski definition) is 5. The lowest BCUT2D eigenvalue weighted by atomic mass is 9.84. The molecule has 2 fully saturated rings. The summed E-state index contributed by atoms with van der Waals surface area (Å²) in [6.45, 7) is 6.03. The largest absolute Gasteiger partial charge is 0.480 e. The summed E-state index contributed by atoms with van der Waals surface area (Å²) in [5.41, 5.74) is 3.72. The van der Waals surface area contributed by atoms with Crippen LogP contribution in [0.4, 0.5) is 0 Å². The second kappa shape index (κ2) is 12.5. The SMILES string of the molecule is Cc1ccc(C(C(=O)O)N2CC(CN3CCC(O)(CCCc4ccccc4)CC3)C(c3ccsc3)C2)c(Cl)c1. The number of hydrogen-bond donors (Lipinski definition) is 2. The molecular weight excluding hydrogens is 528 g/mol. The Morgan fingerprint density at radius 3 is 2.56 bits per heavy atom. The number of carboxylic acid groups (broad SMARTS) is 1. The number of halogens is 1. The summed E-state index contributed by atoms with van der Waals surface area (Å²) in [4.78, 5) is 17.1. The average Bonchev–Trinajstić information content (AvgIpc) is 3.58. The molecule has 7 heteroatoms. The summed E-state index contributed by atoms with van der Waals surface area (Å²) >= 11 is 8.25. The fourth-order valence-corrected chi connectivity index (χ4v) is 7.57. The lowest BCUT2D eigenvalue weighted by Gasteiger charge is -2.40. The Hall–Kier alpha value is -2.22. The number of aliphatic carboxylic acids is 1. The Balaban J connectivity index is 1.23. The van der Waals surface area contributed by atoms with Gasteiger partial charge in [0.05, 0.1) is 5.60 Å². The minimum atomic E-state index is -0.857. The highest BCUT2D eigenvalue weighted by Gasteiger charge is 2.42. The molecule has 5 nitrogen and oxygen atoms in total. The maximum Gasteiger partial charge on any atom is 0.325 e. The van der Waals surface area contributed by atoms with E-state index in [9.17, 15) is 15.0 Å². The third kappa shape index (κ3) is 6.93. The van der Waals surface area contributed by atoms with Crippen molar-refractivity contribution in [1.29, 1.82) is 0 Å². The van der Waals surface area contributed by atoms with Gasteiger partial charge in [-0.1, -0.05) is 54.1 Å². The molecule has 2 aliphatic heterocycles. The van der Waals surface area contributed by atoms with Gasteiger partial charge in [0, 0.05) is 43.7 Å². The van der Waals surface area contributed by atoms with Gasteiger partial charge in [0.1, 0.15) is 6.04 Å². The van der Waals surface area contributed by atoms with E-state index in [1.165, 1.54) is 11.1 Å². The maximum absolute atomic E-state index is 12.5. The Morgan fingerprint density at radius 2 is 1.90 bits per heavy atom. The standard InChI is InChI=1S/C32H39ClN2O3S/c1-23-9-10-27(29(33)18-23)30(31(36)37)35-20-26(28(21-35)25-11-17-39-22-25)19-34-15-13-32(38,14-16-34)12-5-8-24-6-3-2-4-7-24/h2-4,6-7,9-11,17-18,22,26,28,30,38H,5,8,12-16,19-21H2,1H3,(H,36,37). The van der Waals surface area contributed by atoms with Crippen molar-refractivity contribution in [1.82, 2.24) is 9.80 Å². The molecule has 3 unspecified atom stereocenters. The van der Waals surface area contributed by atoms with Gasteiger partial charge in [-0.2, -0.15) is 11.3 Å². The van der Waals surface area contributed by atoms with E-state index in [-0.39, 0.29) is 5.92 Å². The second-order valence-corrected chi connectivity index (χ2v) is 12.7. The zero-order valence-corrected chi connectivity index (χ0v) is 24.2. The first-order valence-corrected chi connectivity index (χ1v) is 15.4. The van der Waals surface area contributed by atoms with E-state index >= 15 is 0 Å². The average molecular weight is 567 g/mol. The van der Waals surface area contributed by atoms with Crippen molar-refractivity contribution in [3.05, 3.63) is 92.6 Å². The lowest BCUT2D eigenvalue weighted by Crippen LogP contribution is -2.46. The third-order valence-corrected chi connectivity index (χ3v) is 9.75. The number of likely N-dealkylation sites (tertiary alicyclic amines) is 2. The number of carbonyl (C=O) groups is 1. The summed E-state index contributed by atoms with van der Waals surface area (Å²) in [6, 6.07) is 17.6. The van der Waals surface area contributed by atoms with E-state index in [0.29, 0.717) is 29.6 Å². The van der Waals surface area contributed by atoms with E-state index in [1.54, 1.807) is 11.3 Å². The van der Waals surface area contributed by atoms with Crippen LogP contribution < -0.4 is 0 Å². The molecule has 3 aromatic rings. The molecule has 3 heterocycles. The van der Waals surface area contributed by atoms with Gasteiger partial charge < -0.3 is 15.1 Å². The highest BCUT2D eigenvalue weighted by Crippen LogP contribution is 2.40. The number of nitrogens with zero attached hydrogens (tertiary/aromatic N) is 2. The quantitative estimate of drug-likeness (QED) is 0.297. The molecule has 0 amide bonds. The van der Waals surface area contributed by atoms with Gasteiger partial charge in [-0.3, -0.25) is 9.69 Å². The molecule has 0 radical (unpaired) electrons. The van der Waals surface area contributed by atoms with Crippen LogP contribution >= 0.6 is 22.9 Å². The molecule has 2 N–H and O–H groups in total. The third-order valence-electron chi connectivity index (χ3n) is 8.72.